The molecular weight excluding hydrogens is 266 g/mol. The second kappa shape index (κ2) is 5.65. The Labute approximate surface area is 115 Å². The van der Waals surface area contributed by atoms with Crippen molar-refractivity contribution < 1.29 is 14.9 Å². The van der Waals surface area contributed by atoms with Crippen molar-refractivity contribution >= 4 is 17.5 Å². The van der Waals surface area contributed by atoms with E-state index in [0.717, 1.165) is 0 Å². The van der Waals surface area contributed by atoms with Crippen molar-refractivity contribution in [1.82, 2.24) is 9.55 Å². The van der Waals surface area contributed by atoms with Crippen LogP contribution in [0.5, 0.6) is 0 Å². The fourth-order valence-electron chi connectivity index (χ4n) is 2.00. The summed E-state index contributed by atoms with van der Waals surface area (Å²) in [5, 5.41) is 17.9. The van der Waals surface area contributed by atoms with Crippen LogP contribution in [-0.2, 0) is 11.8 Å². The Balaban J connectivity index is 2.16. The molecule has 1 atom stereocenters. The van der Waals surface area contributed by atoms with E-state index in [2.05, 4.69) is 4.98 Å². The van der Waals surface area contributed by atoms with Crippen LogP contribution in [0.15, 0.2) is 4.79 Å². The second-order valence-electron chi connectivity index (χ2n) is 4.72. The van der Waals surface area contributed by atoms with Crippen molar-refractivity contribution in [3.8, 4) is 0 Å². The zero-order valence-corrected chi connectivity index (χ0v) is 11.5. The molecule has 1 aliphatic heterocycles. The number of nitrogen functional groups attached to an aromatic ring is 1. The van der Waals surface area contributed by atoms with Gasteiger partial charge in [0.15, 0.2) is 5.82 Å². The van der Waals surface area contributed by atoms with E-state index in [1.807, 2.05) is 0 Å². The smallest absolute Gasteiger partial charge is 0.280 e. The van der Waals surface area contributed by atoms with E-state index in [9.17, 15) is 9.90 Å². The fourth-order valence-corrected chi connectivity index (χ4v) is 2.00. The maximum Gasteiger partial charge on any atom is 0.280 e. The Bertz CT molecular complexity index is 546. The Morgan fingerprint density at radius 2 is 2.20 bits per heavy atom. The average molecular weight is 285 g/mol. The van der Waals surface area contributed by atoms with Crippen LogP contribution in [0.4, 0.5) is 17.5 Å². The highest BCUT2D eigenvalue weighted by molar-refractivity contribution is 5.72. The van der Waals surface area contributed by atoms with Crippen LogP contribution in [0.3, 0.4) is 0 Å². The van der Waals surface area contributed by atoms with Crippen LogP contribution in [-0.4, -0.2) is 59.5 Å². The molecule has 1 aliphatic rings. The van der Waals surface area contributed by atoms with E-state index < -0.39 is 6.10 Å². The van der Waals surface area contributed by atoms with Gasteiger partial charge in [-0.05, 0) is 0 Å². The van der Waals surface area contributed by atoms with Crippen LogP contribution in [0.25, 0.3) is 0 Å². The molecule has 4 N–H and O–H groups in total. The second-order valence-corrected chi connectivity index (χ2v) is 4.72. The highest BCUT2D eigenvalue weighted by Crippen LogP contribution is 2.29. The van der Waals surface area contributed by atoms with Crippen molar-refractivity contribution in [2.75, 3.05) is 49.2 Å². The first-order valence-electron chi connectivity index (χ1n) is 6.15. The monoisotopic (exact) mass is 285 g/mol. The first-order chi connectivity index (χ1) is 9.45. The van der Waals surface area contributed by atoms with E-state index in [1.54, 1.807) is 23.9 Å². The number of aliphatic hydroxyl groups excluding tert-OH is 2. The van der Waals surface area contributed by atoms with Crippen molar-refractivity contribution in [2.24, 2.45) is 7.05 Å². The molecule has 112 valence electrons. The van der Waals surface area contributed by atoms with Gasteiger partial charge in [0.05, 0.1) is 19.9 Å². The van der Waals surface area contributed by atoms with Crippen molar-refractivity contribution in [1.29, 1.82) is 0 Å². The number of ether oxygens (including phenoxy) is 1. The first-order valence-corrected chi connectivity index (χ1v) is 6.15. The lowest BCUT2D eigenvalue weighted by atomic mass is 10.4. The highest BCUT2D eigenvalue weighted by Gasteiger charge is 2.29. The van der Waals surface area contributed by atoms with Crippen LogP contribution >= 0.6 is 0 Å². The molecule has 0 spiro atoms. The molecule has 1 aromatic rings. The summed E-state index contributed by atoms with van der Waals surface area (Å²) in [6, 6.07) is 0. The van der Waals surface area contributed by atoms with Crippen LogP contribution in [0, 0.1) is 0 Å². The molecule has 0 radical (unpaired) electrons. The van der Waals surface area contributed by atoms with Gasteiger partial charge in [0.2, 0.25) is 5.95 Å². The molecule has 0 amide bonds. The maximum absolute atomic E-state index is 12.1. The number of aromatic nitrogens is 2. The Morgan fingerprint density at radius 1 is 1.50 bits per heavy atom. The highest BCUT2D eigenvalue weighted by atomic mass is 16.5. The number of fused-ring (bicyclic) bond motifs is 1. The molecule has 0 aromatic carbocycles. The summed E-state index contributed by atoms with van der Waals surface area (Å²) in [7, 11) is 3.34. The first kappa shape index (κ1) is 14.6. The summed E-state index contributed by atoms with van der Waals surface area (Å²) < 4.78 is 6.57. The molecule has 0 fully saturated rings. The van der Waals surface area contributed by atoms with Gasteiger partial charge in [-0.15, -0.1) is 0 Å². The van der Waals surface area contributed by atoms with Crippen molar-refractivity contribution in [3.63, 3.8) is 0 Å². The van der Waals surface area contributed by atoms with Crippen molar-refractivity contribution in [3.05, 3.63) is 10.4 Å². The minimum atomic E-state index is -0.920. The van der Waals surface area contributed by atoms with Gasteiger partial charge in [-0.25, -0.2) is 0 Å². The summed E-state index contributed by atoms with van der Waals surface area (Å²) in [6.45, 7) is 0.235. The molecule has 1 aromatic heterocycles. The van der Waals surface area contributed by atoms with Gasteiger partial charge in [-0.3, -0.25) is 9.36 Å². The van der Waals surface area contributed by atoms with Crippen LogP contribution < -0.4 is 21.1 Å². The average Bonchev–Trinajstić information content (AvgIpc) is 2.72. The molecule has 9 heteroatoms. The SMILES string of the molecule is CN1CN(COCC(O)CO)c2nc(N)n(C)c(=O)c21. The van der Waals surface area contributed by atoms with E-state index in [-0.39, 0.29) is 31.5 Å². The number of hydrogen-bond acceptors (Lipinski definition) is 8. The molecule has 20 heavy (non-hydrogen) atoms. The molecular formula is C11H19N5O4. The van der Waals surface area contributed by atoms with Crippen LogP contribution in [0.2, 0.25) is 0 Å². The van der Waals surface area contributed by atoms with Gasteiger partial charge in [0.25, 0.3) is 5.56 Å². The lowest BCUT2D eigenvalue weighted by Crippen LogP contribution is -2.32. The third-order valence-corrected chi connectivity index (χ3v) is 3.12. The predicted octanol–water partition coefficient (Wildman–Crippen LogP) is -2.10. The number of rotatable bonds is 5. The van der Waals surface area contributed by atoms with E-state index in [1.165, 1.54) is 4.57 Å². The van der Waals surface area contributed by atoms with Gasteiger partial charge in [-0.2, -0.15) is 4.98 Å². The Kier molecular flexibility index (Phi) is 4.12. The third kappa shape index (κ3) is 2.55. The molecule has 1 unspecified atom stereocenters. The topological polar surface area (TPSA) is 117 Å². The number of aliphatic hydroxyl groups is 2. The molecule has 2 rings (SSSR count). The lowest BCUT2D eigenvalue weighted by Gasteiger charge is -2.19. The number of hydrogen-bond donors (Lipinski definition) is 3. The Morgan fingerprint density at radius 3 is 2.85 bits per heavy atom. The van der Waals surface area contributed by atoms with Gasteiger partial charge in [0.1, 0.15) is 18.5 Å². The van der Waals surface area contributed by atoms with Crippen molar-refractivity contribution in [2.45, 2.75) is 6.10 Å². The normalized spacial score (nSPS) is 15.6. The molecule has 0 saturated heterocycles. The molecule has 9 nitrogen and oxygen atoms in total. The fraction of sp³-hybridized carbons (Fsp3) is 0.636. The summed E-state index contributed by atoms with van der Waals surface area (Å²) >= 11 is 0. The lowest BCUT2D eigenvalue weighted by molar-refractivity contribution is 0.00677. The zero-order valence-electron chi connectivity index (χ0n) is 11.5. The molecule has 0 aliphatic carbocycles. The van der Waals surface area contributed by atoms with Gasteiger partial charge in [0, 0.05) is 14.1 Å². The van der Waals surface area contributed by atoms with Gasteiger partial charge >= 0.3 is 0 Å². The maximum atomic E-state index is 12.1. The summed E-state index contributed by atoms with van der Waals surface area (Å²) in [5.41, 5.74) is 5.94. The summed E-state index contributed by atoms with van der Waals surface area (Å²) in [4.78, 5) is 19.8. The molecule has 0 saturated carbocycles. The zero-order chi connectivity index (χ0) is 14.9. The van der Waals surface area contributed by atoms with Crippen LogP contribution in [0.1, 0.15) is 0 Å². The predicted molar refractivity (Wildman–Crippen MR) is 73.6 cm³/mol. The van der Waals surface area contributed by atoms with E-state index in [0.29, 0.717) is 18.2 Å². The summed E-state index contributed by atoms with van der Waals surface area (Å²) in [5.74, 6) is 0.594. The van der Waals surface area contributed by atoms with E-state index >= 15 is 0 Å². The quantitative estimate of drug-likeness (QED) is 0.563. The summed E-state index contributed by atoms with van der Waals surface area (Å²) in [6.07, 6.45) is -0.920. The standard InChI is InChI=1S/C11H19N5O4/c1-14-5-16(6-20-4-7(18)3-17)9-8(14)10(19)15(2)11(12)13-9/h7,17-18H,3-6H2,1-2H3,(H2,12,13). The van der Waals surface area contributed by atoms with E-state index in [4.69, 9.17) is 15.6 Å². The number of nitrogens with zero attached hydrogens (tertiary/aromatic N) is 4. The molecule has 2 heterocycles. The minimum absolute atomic E-state index is 0.00632. The number of nitrogens with two attached hydrogens (primary N) is 1. The largest absolute Gasteiger partial charge is 0.394 e. The van der Waals surface area contributed by atoms with Gasteiger partial charge in [-0.1, -0.05) is 0 Å². The Hall–Kier alpha value is -1.84. The van der Waals surface area contributed by atoms with Gasteiger partial charge < -0.3 is 30.5 Å². The number of anilines is 3. The minimum Gasteiger partial charge on any atom is -0.394 e. The third-order valence-electron chi connectivity index (χ3n) is 3.12. The molecule has 0 bridgehead atoms.